The van der Waals surface area contributed by atoms with Crippen molar-refractivity contribution in [2.75, 3.05) is 40.0 Å². The minimum atomic E-state index is 0.157. The maximum Gasteiger partial charge on any atom is 0.166 e. The van der Waals surface area contributed by atoms with Crippen LogP contribution in [0.15, 0.2) is 53.4 Å². The summed E-state index contributed by atoms with van der Waals surface area (Å²) in [6.07, 6.45) is 0. The summed E-state index contributed by atoms with van der Waals surface area (Å²) >= 11 is 13.1. The maximum absolute atomic E-state index is 5.90. The summed E-state index contributed by atoms with van der Waals surface area (Å²) in [7, 11) is 5.81. The summed E-state index contributed by atoms with van der Waals surface area (Å²) in [6, 6.07) is 16.1. The minimum absolute atomic E-state index is 0.157. The van der Waals surface area contributed by atoms with Crippen LogP contribution >= 0.6 is 35.6 Å². The van der Waals surface area contributed by atoms with E-state index in [1.165, 1.54) is 4.90 Å². The van der Waals surface area contributed by atoms with Crippen LogP contribution in [0.2, 0.25) is 5.02 Å². The van der Waals surface area contributed by atoms with Crippen LogP contribution in [0.3, 0.4) is 0 Å². The average molecular weight is 424 g/mol. The largest absolute Gasteiger partial charge is 0.496 e. The molecule has 27 heavy (non-hydrogen) atoms. The number of ether oxygens (including phenoxy) is 1. The van der Waals surface area contributed by atoms with E-state index in [1.54, 1.807) is 18.9 Å². The van der Waals surface area contributed by atoms with Gasteiger partial charge in [-0.25, -0.2) is 0 Å². The molecule has 1 atom stereocenters. The number of hydrogen-bond donors (Lipinski definition) is 2. The van der Waals surface area contributed by atoms with Crippen LogP contribution in [-0.4, -0.2) is 50.1 Å². The summed E-state index contributed by atoms with van der Waals surface area (Å²) in [4.78, 5) is 3.35. The van der Waals surface area contributed by atoms with E-state index in [9.17, 15) is 0 Å². The Kier molecular flexibility index (Phi) is 9.21. The lowest BCUT2D eigenvalue weighted by molar-refractivity contribution is 0.288. The summed E-state index contributed by atoms with van der Waals surface area (Å²) < 4.78 is 5.50. The molecule has 0 amide bonds. The van der Waals surface area contributed by atoms with Gasteiger partial charge < -0.3 is 20.3 Å². The fourth-order valence-electron chi connectivity index (χ4n) is 2.63. The molecular weight excluding hydrogens is 398 g/mol. The summed E-state index contributed by atoms with van der Waals surface area (Å²) in [5.41, 5.74) is 1.14. The third kappa shape index (κ3) is 7.22. The predicted molar refractivity (Wildman–Crippen MR) is 120 cm³/mol. The fraction of sp³-hybridized carbons (Fsp3) is 0.350. The Labute approximate surface area is 176 Å². The van der Waals surface area contributed by atoms with Crippen molar-refractivity contribution in [3.63, 3.8) is 0 Å². The van der Waals surface area contributed by atoms with Gasteiger partial charge in [-0.1, -0.05) is 29.8 Å². The van der Waals surface area contributed by atoms with Gasteiger partial charge in [-0.3, -0.25) is 0 Å². The van der Waals surface area contributed by atoms with Crippen molar-refractivity contribution in [3.8, 4) is 5.75 Å². The average Bonchev–Trinajstić information content (AvgIpc) is 2.67. The zero-order chi connectivity index (χ0) is 19.6. The number of nitrogens with zero attached hydrogens (tertiary/aromatic N) is 1. The topological polar surface area (TPSA) is 36.5 Å². The number of rotatable bonds is 9. The number of thioether (sulfide) groups is 1. The number of benzene rings is 2. The molecule has 0 aliphatic heterocycles. The van der Waals surface area contributed by atoms with Crippen molar-refractivity contribution in [1.29, 1.82) is 0 Å². The minimum Gasteiger partial charge on any atom is -0.496 e. The molecule has 1 unspecified atom stereocenters. The lowest BCUT2D eigenvalue weighted by atomic mass is 10.0. The second-order valence-electron chi connectivity index (χ2n) is 6.16. The molecule has 2 rings (SSSR count). The molecule has 0 radical (unpaired) electrons. The first-order valence-corrected chi connectivity index (χ1v) is 10.5. The molecule has 146 valence electrons. The van der Waals surface area contributed by atoms with Crippen LogP contribution in [0.4, 0.5) is 0 Å². The Morgan fingerprint density at radius 1 is 1.15 bits per heavy atom. The number of methoxy groups -OCH3 is 1. The van der Waals surface area contributed by atoms with Gasteiger partial charge in [-0.05, 0) is 56.6 Å². The molecule has 0 bridgehead atoms. The Balaban J connectivity index is 1.77. The molecule has 0 aliphatic rings. The molecule has 0 spiro atoms. The molecule has 2 N–H and O–H groups in total. The normalized spacial score (nSPS) is 11.9. The van der Waals surface area contributed by atoms with E-state index in [-0.39, 0.29) is 6.04 Å². The molecule has 0 fully saturated rings. The van der Waals surface area contributed by atoms with Gasteiger partial charge in [0.05, 0.1) is 13.2 Å². The Morgan fingerprint density at radius 2 is 1.85 bits per heavy atom. The number of para-hydroxylation sites is 1. The highest BCUT2D eigenvalue weighted by atomic mass is 35.5. The monoisotopic (exact) mass is 423 g/mol. The molecule has 0 aromatic heterocycles. The summed E-state index contributed by atoms with van der Waals surface area (Å²) in [5, 5.41) is 8.00. The van der Waals surface area contributed by atoms with E-state index in [0.717, 1.165) is 28.6 Å². The van der Waals surface area contributed by atoms with Gasteiger partial charge >= 0.3 is 0 Å². The number of thiocarbonyl (C=S) groups is 1. The first-order chi connectivity index (χ1) is 13.0. The zero-order valence-corrected chi connectivity index (χ0v) is 18.3. The van der Waals surface area contributed by atoms with E-state index in [1.807, 2.05) is 42.5 Å². The molecule has 2 aromatic carbocycles. The Hall–Kier alpha value is -1.47. The summed E-state index contributed by atoms with van der Waals surface area (Å²) in [5.74, 6) is 1.81. The van der Waals surface area contributed by atoms with Crippen LogP contribution in [-0.2, 0) is 0 Å². The third-order valence-electron chi connectivity index (χ3n) is 4.05. The van der Waals surface area contributed by atoms with Crippen LogP contribution in [0.1, 0.15) is 11.6 Å². The zero-order valence-electron chi connectivity index (χ0n) is 15.9. The van der Waals surface area contributed by atoms with Crippen LogP contribution in [0.5, 0.6) is 5.75 Å². The van der Waals surface area contributed by atoms with Gasteiger partial charge in [-0.15, -0.1) is 11.8 Å². The van der Waals surface area contributed by atoms with Gasteiger partial charge in [0.1, 0.15) is 5.75 Å². The van der Waals surface area contributed by atoms with Crippen molar-refractivity contribution < 1.29 is 4.74 Å². The SMILES string of the molecule is COc1ccccc1C(CNC(=S)NCCSc1ccc(Cl)cc1)N(C)C. The van der Waals surface area contributed by atoms with E-state index >= 15 is 0 Å². The van der Waals surface area contributed by atoms with Crippen molar-refractivity contribution >= 4 is 40.7 Å². The van der Waals surface area contributed by atoms with Gasteiger partial charge in [0.25, 0.3) is 0 Å². The lowest BCUT2D eigenvalue weighted by Crippen LogP contribution is -2.41. The molecule has 0 saturated heterocycles. The fourth-order valence-corrected chi connectivity index (χ4v) is 3.71. The van der Waals surface area contributed by atoms with E-state index in [4.69, 9.17) is 28.6 Å². The number of hydrogen-bond acceptors (Lipinski definition) is 4. The highest BCUT2D eigenvalue weighted by Crippen LogP contribution is 2.27. The first-order valence-electron chi connectivity index (χ1n) is 8.70. The Morgan fingerprint density at radius 3 is 2.52 bits per heavy atom. The van der Waals surface area contributed by atoms with E-state index < -0.39 is 0 Å². The maximum atomic E-state index is 5.90. The van der Waals surface area contributed by atoms with Crippen molar-refractivity contribution in [2.24, 2.45) is 0 Å². The first kappa shape index (κ1) is 21.8. The van der Waals surface area contributed by atoms with Crippen LogP contribution in [0, 0.1) is 0 Å². The molecule has 4 nitrogen and oxygen atoms in total. The third-order valence-corrected chi connectivity index (χ3v) is 5.60. The van der Waals surface area contributed by atoms with Crippen molar-refractivity contribution in [2.45, 2.75) is 10.9 Å². The van der Waals surface area contributed by atoms with E-state index in [0.29, 0.717) is 11.7 Å². The lowest BCUT2D eigenvalue weighted by Gasteiger charge is -2.27. The smallest absolute Gasteiger partial charge is 0.166 e. The van der Waals surface area contributed by atoms with Gasteiger partial charge in [0, 0.05) is 34.3 Å². The quantitative estimate of drug-likeness (QED) is 0.357. The molecule has 2 aromatic rings. The predicted octanol–water partition coefficient (Wildman–Crippen LogP) is 4.21. The molecular formula is C20H26ClN3OS2. The Bertz CT molecular complexity index is 725. The molecule has 0 saturated carbocycles. The number of nitrogens with one attached hydrogen (secondary N) is 2. The molecule has 0 heterocycles. The van der Waals surface area contributed by atoms with Gasteiger partial charge in [-0.2, -0.15) is 0 Å². The van der Waals surface area contributed by atoms with Crippen molar-refractivity contribution in [1.82, 2.24) is 15.5 Å². The summed E-state index contributed by atoms with van der Waals surface area (Å²) in [6.45, 7) is 1.49. The van der Waals surface area contributed by atoms with Crippen LogP contribution < -0.4 is 15.4 Å². The second kappa shape index (κ2) is 11.4. The van der Waals surface area contributed by atoms with Gasteiger partial charge in [0.15, 0.2) is 5.11 Å². The van der Waals surface area contributed by atoms with E-state index in [2.05, 4.69) is 35.7 Å². The standard InChI is InChI=1S/C20H26ClN3OS2/c1-24(2)18(17-6-4-5-7-19(17)25-3)14-23-20(26)22-12-13-27-16-10-8-15(21)9-11-16/h4-11,18H,12-14H2,1-3H3,(H2,22,23,26). The van der Waals surface area contributed by atoms with Gasteiger partial charge in [0.2, 0.25) is 0 Å². The second-order valence-corrected chi connectivity index (χ2v) is 8.17. The highest BCUT2D eigenvalue weighted by molar-refractivity contribution is 7.99. The highest BCUT2D eigenvalue weighted by Gasteiger charge is 2.18. The molecule has 0 aliphatic carbocycles. The number of halogens is 1. The van der Waals surface area contributed by atoms with Crippen LogP contribution in [0.25, 0.3) is 0 Å². The van der Waals surface area contributed by atoms with Crippen molar-refractivity contribution in [3.05, 3.63) is 59.1 Å². The number of likely N-dealkylation sites (N-methyl/N-ethyl adjacent to an activating group) is 1. The molecule has 7 heteroatoms.